The van der Waals surface area contributed by atoms with E-state index in [1.165, 1.54) is 6.07 Å². The quantitative estimate of drug-likeness (QED) is 0.844. The lowest BCUT2D eigenvalue weighted by Crippen LogP contribution is -2.14. The minimum absolute atomic E-state index is 0.0267. The van der Waals surface area contributed by atoms with E-state index >= 15 is 0 Å². The Morgan fingerprint density at radius 3 is 2.48 bits per heavy atom. The Balaban J connectivity index is 2.05. The van der Waals surface area contributed by atoms with Crippen LogP contribution in [-0.2, 0) is 0 Å². The molecule has 0 saturated heterocycles. The summed E-state index contributed by atoms with van der Waals surface area (Å²) in [6.07, 6.45) is -0.863. The highest BCUT2D eigenvalue weighted by Crippen LogP contribution is 2.27. The van der Waals surface area contributed by atoms with Crippen LogP contribution in [0.4, 0.5) is 14.5 Å². The van der Waals surface area contributed by atoms with Crippen molar-refractivity contribution in [3.63, 3.8) is 0 Å². The SMILES string of the molecule is OC(CNc1ccccc1OC(F)F)c1ccccc1Cl. The molecule has 1 atom stereocenters. The van der Waals surface area contributed by atoms with E-state index < -0.39 is 12.7 Å². The van der Waals surface area contributed by atoms with Gasteiger partial charge >= 0.3 is 6.61 Å². The topological polar surface area (TPSA) is 41.5 Å². The fourth-order valence-corrected chi connectivity index (χ4v) is 2.14. The van der Waals surface area contributed by atoms with Gasteiger partial charge in [-0.25, -0.2) is 0 Å². The Hall–Kier alpha value is -1.85. The van der Waals surface area contributed by atoms with Crippen molar-refractivity contribution in [3.05, 3.63) is 59.1 Å². The zero-order valence-corrected chi connectivity index (χ0v) is 11.7. The number of rotatable bonds is 6. The first-order chi connectivity index (χ1) is 10.1. The van der Waals surface area contributed by atoms with Gasteiger partial charge in [-0.3, -0.25) is 0 Å². The van der Waals surface area contributed by atoms with Crippen molar-refractivity contribution in [3.8, 4) is 5.75 Å². The smallest absolute Gasteiger partial charge is 0.387 e. The van der Waals surface area contributed by atoms with Crippen LogP contribution in [0.1, 0.15) is 11.7 Å². The second-order valence-corrected chi connectivity index (χ2v) is 4.70. The van der Waals surface area contributed by atoms with Crippen LogP contribution in [0.2, 0.25) is 5.02 Å². The highest BCUT2D eigenvalue weighted by molar-refractivity contribution is 6.31. The Morgan fingerprint density at radius 2 is 1.76 bits per heavy atom. The van der Waals surface area contributed by atoms with Crippen molar-refractivity contribution in [1.82, 2.24) is 0 Å². The fourth-order valence-electron chi connectivity index (χ4n) is 1.87. The number of hydrogen-bond acceptors (Lipinski definition) is 3. The van der Waals surface area contributed by atoms with Gasteiger partial charge in [-0.15, -0.1) is 0 Å². The molecule has 2 aromatic rings. The van der Waals surface area contributed by atoms with Crippen molar-refractivity contribution < 1.29 is 18.6 Å². The molecule has 0 fully saturated rings. The molecule has 6 heteroatoms. The maximum atomic E-state index is 12.3. The molecule has 0 aromatic heterocycles. The predicted octanol–water partition coefficient (Wildman–Crippen LogP) is 4.09. The van der Waals surface area contributed by atoms with Gasteiger partial charge in [-0.2, -0.15) is 8.78 Å². The Kier molecular flexibility index (Phi) is 5.36. The van der Waals surface area contributed by atoms with Crippen LogP contribution in [0.15, 0.2) is 48.5 Å². The second-order valence-electron chi connectivity index (χ2n) is 4.29. The lowest BCUT2D eigenvalue weighted by Gasteiger charge is -2.16. The summed E-state index contributed by atoms with van der Waals surface area (Å²) in [7, 11) is 0. The fraction of sp³-hybridized carbons (Fsp3) is 0.200. The van der Waals surface area contributed by atoms with Gasteiger partial charge in [0, 0.05) is 17.1 Å². The van der Waals surface area contributed by atoms with E-state index in [9.17, 15) is 13.9 Å². The highest BCUT2D eigenvalue weighted by atomic mass is 35.5. The number of nitrogens with one attached hydrogen (secondary N) is 1. The van der Waals surface area contributed by atoms with E-state index in [4.69, 9.17) is 11.6 Å². The van der Waals surface area contributed by atoms with E-state index in [1.54, 1.807) is 42.5 Å². The molecule has 0 heterocycles. The van der Waals surface area contributed by atoms with Crippen molar-refractivity contribution in [2.75, 3.05) is 11.9 Å². The monoisotopic (exact) mass is 313 g/mol. The molecule has 3 nitrogen and oxygen atoms in total. The summed E-state index contributed by atoms with van der Waals surface area (Å²) in [4.78, 5) is 0. The summed E-state index contributed by atoms with van der Waals surface area (Å²) >= 11 is 5.99. The van der Waals surface area contributed by atoms with Crippen molar-refractivity contribution in [1.29, 1.82) is 0 Å². The first-order valence-corrected chi connectivity index (χ1v) is 6.66. The normalized spacial score (nSPS) is 12.2. The van der Waals surface area contributed by atoms with Gasteiger partial charge in [0.2, 0.25) is 0 Å². The minimum atomic E-state index is -2.90. The number of hydrogen-bond donors (Lipinski definition) is 2. The first kappa shape index (κ1) is 15.5. The van der Waals surface area contributed by atoms with Crippen molar-refractivity contribution >= 4 is 17.3 Å². The lowest BCUT2D eigenvalue weighted by atomic mass is 10.1. The first-order valence-electron chi connectivity index (χ1n) is 6.28. The van der Waals surface area contributed by atoms with Crippen molar-refractivity contribution in [2.45, 2.75) is 12.7 Å². The van der Waals surface area contributed by atoms with E-state index in [1.807, 2.05) is 0 Å². The summed E-state index contributed by atoms with van der Waals surface area (Å²) in [6.45, 7) is -2.78. The Labute approximate surface area is 126 Å². The summed E-state index contributed by atoms with van der Waals surface area (Å²) in [6, 6.07) is 13.2. The van der Waals surface area contributed by atoms with Crippen LogP contribution in [-0.4, -0.2) is 18.3 Å². The third kappa shape index (κ3) is 4.31. The highest BCUT2D eigenvalue weighted by Gasteiger charge is 2.13. The van der Waals surface area contributed by atoms with Gasteiger partial charge in [0.1, 0.15) is 5.75 Å². The van der Waals surface area contributed by atoms with Crippen LogP contribution in [0.5, 0.6) is 5.75 Å². The summed E-state index contributed by atoms with van der Waals surface area (Å²) in [5, 5.41) is 13.4. The van der Waals surface area contributed by atoms with E-state index in [0.29, 0.717) is 16.3 Å². The molecule has 0 spiro atoms. The number of benzene rings is 2. The number of aliphatic hydroxyl groups excluding tert-OH is 1. The number of alkyl halides is 2. The number of aliphatic hydroxyl groups is 1. The summed E-state index contributed by atoms with van der Waals surface area (Å²) < 4.78 is 29.0. The van der Waals surface area contributed by atoms with E-state index in [2.05, 4.69) is 10.1 Å². The number of ether oxygens (including phenoxy) is 1. The molecule has 0 saturated carbocycles. The zero-order chi connectivity index (χ0) is 15.2. The van der Waals surface area contributed by atoms with Gasteiger partial charge in [0.15, 0.2) is 0 Å². The summed E-state index contributed by atoms with van der Waals surface area (Å²) in [5.41, 5.74) is 0.947. The molecule has 0 bridgehead atoms. The number of halogens is 3. The third-order valence-corrected chi connectivity index (χ3v) is 3.20. The summed E-state index contributed by atoms with van der Waals surface area (Å²) in [5.74, 6) is 0.0267. The average Bonchev–Trinajstić information content (AvgIpc) is 2.46. The van der Waals surface area contributed by atoms with Gasteiger partial charge in [0.05, 0.1) is 11.8 Å². The molecular formula is C15H14ClF2NO2. The standard InChI is InChI=1S/C15H14ClF2NO2/c16-11-6-2-1-5-10(11)13(20)9-19-12-7-3-4-8-14(12)21-15(17)18/h1-8,13,15,19-20H,9H2. The molecule has 0 aliphatic carbocycles. The van der Waals surface area contributed by atoms with Gasteiger partial charge in [-0.05, 0) is 18.2 Å². The van der Waals surface area contributed by atoms with Crippen LogP contribution in [0, 0.1) is 0 Å². The Bertz CT molecular complexity index is 595. The van der Waals surface area contributed by atoms with Gasteiger partial charge < -0.3 is 15.2 Å². The molecule has 1 unspecified atom stereocenters. The zero-order valence-electron chi connectivity index (χ0n) is 11.0. The van der Waals surface area contributed by atoms with Gasteiger partial charge in [0.25, 0.3) is 0 Å². The second kappa shape index (κ2) is 7.24. The minimum Gasteiger partial charge on any atom is -0.433 e. The largest absolute Gasteiger partial charge is 0.433 e. The third-order valence-electron chi connectivity index (χ3n) is 2.85. The number of anilines is 1. The molecule has 0 amide bonds. The Morgan fingerprint density at radius 1 is 1.10 bits per heavy atom. The molecule has 0 aliphatic rings. The predicted molar refractivity (Wildman–Crippen MR) is 78.0 cm³/mol. The molecule has 2 aromatic carbocycles. The average molecular weight is 314 g/mol. The molecule has 2 N–H and O–H groups in total. The molecule has 0 radical (unpaired) electrons. The van der Waals surface area contributed by atoms with Crippen LogP contribution < -0.4 is 10.1 Å². The molecule has 2 rings (SSSR count). The van der Waals surface area contributed by atoms with Crippen LogP contribution in [0.25, 0.3) is 0 Å². The maximum Gasteiger partial charge on any atom is 0.387 e. The lowest BCUT2D eigenvalue weighted by molar-refractivity contribution is -0.0493. The van der Waals surface area contributed by atoms with E-state index in [0.717, 1.165) is 0 Å². The molecule has 21 heavy (non-hydrogen) atoms. The van der Waals surface area contributed by atoms with E-state index in [-0.39, 0.29) is 12.3 Å². The molecule has 112 valence electrons. The number of para-hydroxylation sites is 2. The van der Waals surface area contributed by atoms with Gasteiger partial charge in [-0.1, -0.05) is 41.9 Å². The molecule has 0 aliphatic heterocycles. The van der Waals surface area contributed by atoms with Crippen LogP contribution >= 0.6 is 11.6 Å². The maximum absolute atomic E-state index is 12.3. The van der Waals surface area contributed by atoms with Crippen LogP contribution in [0.3, 0.4) is 0 Å². The van der Waals surface area contributed by atoms with Crippen molar-refractivity contribution in [2.24, 2.45) is 0 Å². The molecular weight excluding hydrogens is 300 g/mol.